The molecule has 1 atom stereocenters. The maximum absolute atomic E-state index is 14.5. The van der Waals surface area contributed by atoms with E-state index in [2.05, 4.69) is 10.6 Å². The monoisotopic (exact) mass is 412 g/mol. The molecule has 1 aliphatic heterocycles. The Morgan fingerprint density at radius 3 is 2.70 bits per heavy atom. The molecular weight excluding hydrogens is 387 g/mol. The first-order chi connectivity index (χ1) is 14.5. The average Bonchev–Trinajstić information content (AvgIpc) is 3.45. The number of aromatic nitrogens is 1. The lowest BCUT2D eigenvalue weighted by atomic mass is 10.2. The number of carbonyl (C=O) groups excluding carboxylic acids is 2. The summed E-state index contributed by atoms with van der Waals surface area (Å²) in [4.78, 5) is 38.6. The SMILES string of the molecule is O=C(CN1CCCC1C(=O)NCC1CC1)Nc1ccc(-n2ccccc2=O)cc1F. The summed E-state index contributed by atoms with van der Waals surface area (Å²) < 4.78 is 15.8. The number of nitrogens with one attached hydrogen (secondary N) is 2. The molecule has 2 aromatic rings. The van der Waals surface area contributed by atoms with Crippen LogP contribution in [0, 0.1) is 11.7 Å². The Hall–Kier alpha value is -3.00. The number of nitrogens with zero attached hydrogens (tertiary/aromatic N) is 2. The van der Waals surface area contributed by atoms with Crippen molar-refractivity contribution in [3.8, 4) is 5.69 Å². The zero-order valence-electron chi connectivity index (χ0n) is 16.6. The maximum atomic E-state index is 14.5. The van der Waals surface area contributed by atoms with E-state index in [-0.39, 0.29) is 35.6 Å². The van der Waals surface area contributed by atoms with Crippen molar-refractivity contribution < 1.29 is 14.0 Å². The number of rotatable bonds is 7. The van der Waals surface area contributed by atoms with Gasteiger partial charge in [-0.25, -0.2) is 4.39 Å². The fourth-order valence-electron chi connectivity index (χ4n) is 3.77. The van der Waals surface area contributed by atoms with Crippen LogP contribution in [0.5, 0.6) is 0 Å². The van der Waals surface area contributed by atoms with Gasteiger partial charge in [0.25, 0.3) is 5.56 Å². The first-order valence-electron chi connectivity index (χ1n) is 10.3. The molecule has 7 nitrogen and oxygen atoms in total. The van der Waals surface area contributed by atoms with Crippen molar-refractivity contribution in [2.24, 2.45) is 5.92 Å². The minimum absolute atomic E-state index is 0.0286. The fourth-order valence-corrected chi connectivity index (χ4v) is 3.77. The van der Waals surface area contributed by atoms with E-state index in [0.29, 0.717) is 24.7 Å². The Kier molecular flexibility index (Phi) is 5.94. The second kappa shape index (κ2) is 8.79. The smallest absolute Gasteiger partial charge is 0.255 e. The third-order valence-corrected chi connectivity index (χ3v) is 5.60. The van der Waals surface area contributed by atoms with Crippen molar-refractivity contribution >= 4 is 17.5 Å². The molecule has 0 radical (unpaired) electrons. The van der Waals surface area contributed by atoms with Gasteiger partial charge in [0, 0.05) is 24.9 Å². The van der Waals surface area contributed by atoms with Gasteiger partial charge in [-0.3, -0.25) is 23.9 Å². The molecule has 2 heterocycles. The lowest BCUT2D eigenvalue weighted by Gasteiger charge is -2.23. The minimum atomic E-state index is -0.628. The second-order valence-electron chi connectivity index (χ2n) is 7.94. The molecule has 4 rings (SSSR count). The number of likely N-dealkylation sites (tertiary alicyclic amines) is 1. The number of amides is 2. The van der Waals surface area contributed by atoms with Crippen LogP contribution in [0.3, 0.4) is 0 Å². The molecule has 1 unspecified atom stereocenters. The van der Waals surface area contributed by atoms with Gasteiger partial charge in [-0.15, -0.1) is 0 Å². The van der Waals surface area contributed by atoms with Gasteiger partial charge in [0.05, 0.1) is 24.0 Å². The molecule has 2 fully saturated rings. The minimum Gasteiger partial charge on any atom is -0.354 e. The summed E-state index contributed by atoms with van der Waals surface area (Å²) in [6.45, 7) is 1.39. The van der Waals surface area contributed by atoms with Crippen LogP contribution < -0.4 is 16.2 Å². The molecule has 158 valence electrons. The van der Waals surface area contributed by atoms with Gasteiger partial charge in [0.2, 0.25) is 11.8 Å². The van der Waals surface area contributed by atoms with E-state index < -0.39 is 5.82 Å². The standard InChI is InChI=1S/C22H25FN4O3/c23-17-12-16(27-11-2-1-5-21(27)29)8-9-18(17)25-20(28)14-26-10-3-4-19(26)22(30)24-13-15-6-7-15/h1-2,5,8-9,11-12,15,19H,3-4,6-7,10,13-14H2,(H,24,30)(H,25,28). The van der Waals surface area contributed by atoms with Gasteiger partial charge >= 0.3 is 0 Å². The van der Waals surface area contributed by atoms with E-state index in [9.17, 15) is 18.8 Å². The first-order valence-corrected chi connectivity index (χ1v) is 10.3. The van der Waals surface area contributed by atoms with Crippen molar-refractivity contribution in [3.63, 3.8) is 0 Å². The summed E-state index contributed by atoms with van der Waals surface area (Å²) >= 11 is 0. The molecule has 30 heavy (non-hydrogen) atoms. The Labute approximate surface area is 173 Å². The zero-order valence-corrected chi connectivity index (χ0v) is 16.6. The summed E-state index contributed by atoms with van der Waals surface area (Å²) in [5, 5.41) is 5.55. The third-order valence-electron chi connectivity index (χ3n) is 5.60. The number of hydrogen-bond donors (Lipinski definition) is 2. The van der Waals surface area contributed by atoms with E-state index in [1.54, 1.807) is 24.4 Å². The maximum Gasteiger partial charge on any atom is 0.255 e. The van der Waals surface area contributed by atoms with E-state index in [0.717, 1.165) is 12.8 Å². The molecule has 1 aliphatic carbocycles. The van der Waals surface area contributed by atoms with Crippen LogP contribution in [0.4, 0.5) is 10.1 Å². The predicted molar refractivity (Wildman–Crippen MR) is 111 cm³/mol. The Bertz CT molecular complexity index is 1000. The van der Waals surface area contributed by atoms with Crippen molar-refractivity contribution in [3.05, 3.63) is 58.8 Å². The molecule has 1 saturated carbocycles. The van der Waals surface area contributed by atoms with Crippen molar-refractivity contribution in [2.45, 2.75) is 31.7 Å². The number of pyridine rings is 1. The van der Waals surface area contributed by atoms with Gasteiger partial charge in [-0.1, -0.05) is 6.07 Å². The Morgan fingerprint density at radius 2 is 1.97 bits per heavy atom. The van der Waals surface area contributed by atoms with Crippen molar-refractivity contribution in [1.82, 2.24) is 14.8 Å². The summed E-state index contributed by atoms with van der Waals surface area (Å²) in [5.74, 6) is -0.432. The van der Waals surface area contributed by atoms with Crippen LogP contribution in [0.1, 0.15) is 25.7 Å². The Morgan fingerprint density at radius 1 is 1.13 bits per heavy atom. The van der Waals surface area contributed by atoms with Crippen LogP contribution in [0.15, 0.2) is 47.4 Å². The first kappa shape index (κ1) is 20.3. The summed E-state index contributed by atoms with van der Waals surface area (Å²) in [6, 6.07) is 8.59. The van der Waals surface area contributed by atoms with E-state index in [1.165, 1.54) is 35.6 Å². The molecule has 1 aromatic heterocycles. The van der Waals surface area contributed by atoms with Gasteiger partial charge in [-0.05, 0) is 56.3 Å². The number of benzene rings is 1. The van der Waals surface area contributed by atoms with Gasteiger partial charge in [0.15, 0.2) is 0 Å². The molecule has 2 aliphatic rings. The van der Waals surface area contributed by atoms with Crippen LogP contribution in [0.25, 0.3) is 5.69 Å². The molecular formula is C22H25FN4O3. The van der Waals surface area contributed by atoms with E-state index in [4.69, 9.17) is 0 Å². The van der Waals surface area contributed by atoms with Gasteiger partial charge in [-0.2, -0.15) is 0 Å². The summed E-state index contributed by atoms with van der Waals surface area (Å²) in [6.07, 6.45) is 5.46. The molecule has 1 aromatic carbocycles. The molecule has 0 bridgehead atoms. The van der Waals surface area contributed by atoms with Crippen molar-refractivity contribution in [1.29, 1.82) is 0 Å². The highest BCUT2D eigenvalue weighted by atomic mass is 19.1. The largest absolute Gasteiger partial charge is 0.354 e. The van der Waals surface area contributed by atoms with Crippen LogP contribution >= 0.6 is 0 Å². The molecule has 2 N–H and O–H groups in total. The number of anilines is 1. The predicted octanol–water partition coefficient (Wildman–Crippen LogP) is 1.91. The van der Waals surface area contributed by atoms with Crippen LogP contribution in [-0.2, 0) is 9.59 Å². The van der Waals surface area contributed by atoms with Crippen LogP contribution in [-0.4, -0.2) is 47.0 Å². The second-order valence-corrected chi connectivity index (χ2v) is 7.94. The Balaban J connectivity index is 1.37. The van der Waals surface area contributed by atoms with Gasteiger partial charge in [0.1, 0.15) is 5.82 Å². The van der Waals surface area contributed by atoms with Gasteiger partial charge < -0.3 is 10.6 Å². The fraction of sp³-hybridized carbons (Fsp3) is 0.409. The highest BCUT2D eigenvalue weighted by Gasteiger charge is 2.33. The van der Waals surface area contributed by atoms with E-state index in [1.807, 2.05) is 4.90 Å². The number of hydrogen-bond acceptors (Lipinski definition) is 4. The normalized spacial score (nSPS) is 18.9. The molecule has 0 spiro atoms. The molecule has 8 heteroatoms. The van der Waals surface area contributed by atoms with E-state index >= 15 is 0 Å². The molecule has 1 saturated heterocycles. The lowest BCUT2D eigenvalue weighted by molar-refractivity contribution is -0.126. The average molecular weight is 412 g/mol. The third kappa shape index (κ3) is 4.76. The summed E-state index contributed by atoms with van der Waals surface area (Å²) in [7, 11) is 0. The summed E-state index contributed by atoms with van der Waals surface area (Å²) in [5.41, 5.74) is 0.151. The van der Waals surface area contributed by atoms with Crippen molar-refractivity contribution in [2.75, 3.05) is 25.0 Å². The van der Waals surface area contributed by atoms with Crippen LogP contribution in [0.2, 0.25) is 0 Å². The highest BCUT2D eigenvalue weighted by molar-refractivity contribution is 5.93. The topological polar surface area (TPSA) is 83.4 Å². The number of halogens is 1. The number of carbonyl (C=O) groups is 2. The highest BCUT2D eigenvalue weighted by Crippen LogP contribution is 2.28. The quantitative estimate of drug-likeness (QED) is 0.728. The zero-order chi connectivity index (χ0) is 21.1. The lowest BCUT2D eigenvalue weighted by Crippen LogP contribution is -2.46. The molecule has 2 amide bonds.